The molecule has 3 aromatic carbocycles. The van der Waals surface area contributed by atoms with E-state index in [2.05, 4.69) is 4.72 Å². The summed E-state index contributed by atoms with van der Waals surface area (Å²) in [5, 5.41) is 0. The van der Waals surface area contributed by atoms with E-state index < -0.39 is 20.0 Å². The minimum absolute atomic E-state index is 0.155. The third-order valence-electron chi connectivity index (χ3n) is 5.69. The van der Waals surface area contributed by atoms with Crippen LogP contribution >= 0.6 is 0 Å². The Kier molecular flexibility index (Phi) is 6.24. The van der Waals surface area contributed by atoms with E-state index in [-0.39, 0.29) is 15.7 Å². The van der Waals surface area contributed by atoms with Crippen LogP contribution in [0.15, 0.2) is 76.5 Å². The summed E-state index contributed by atoms with van der Waals surface area (Å²) in [4.78, 5) is 15.1. The summed E-state index contributed by atoms with van der Waals surface area (Å²) < 4.78 is 53.7. The summed E-state index contributed by atoms with van der Waals surface area (Å²) in [6.07, 6.45) is 0.548. The second-order valence-electron chi connectivity index (χ2n) is 8.28. The number of carbonyl (C=O) groups excluding carboxylic acids is 1. The topological polar surface area (TPSA) is 104 Å². The lowest BCUT2D eigenvalue weighted by Crippen LogP contribution is -2.28. The fourth-order valence-electron chi connectivity index (χ4n) is 3.73. The molecule has 178 valence electrons. The number of anilines is 2. The molecule has 0 spiro atoms. The molecule has 0 atom stereocenters. The number of carbonyl (C=O) groups is 1. The maximum Gasteiger partial charge on any atom is 0.261 e. The van der Waals surface area contributed by atoms with E-state index in [0.717, 1.165) is 15.4 Å². The first-order valence-corrected chi connectivity index (χ1v) is 13.5. The first-order chi connectivity index (χ1) is 16.0. The predicted molar refractivity (Wildman–Crippen MR) is 131 cm³/mol. The van der Waals surface area contributed by atoms with Crippen LogP contribution in [0.3, 0.4) is 0 Å². The van der Waals surface area contributed by atoms with Crippen LogP contribution in [0.5, 0.6) is 0 Å². The molecule has 3 aromatic rings. The fourth-order valence-corrected chi connectivity index (χ4v) is 5.74. The number of rotatable bonds is 6. The van der Waals surface area contributed by atoms with Crippen LogP contribution < -0.4 is 9.62 Å². The van der Waals surface area contributed by atoms with E-state index in [9.17, 15) is 21.6 Å². The van der Waals surface area contributed by atoms with Crippen LogP contribution in [0.2, 0.25) is 0 Å². The Morgan fingerprint density at radius 2 is 1.50 bits per heavy atom. The van der Waals surface area contributed by atoms with Crippen LogP contribution in [0.4, 0.5) is 11.4 Å². The summed E-state index contributed by atoms with van der Waals surface area (Å²) in [6.45, 7) is 2.31. The summed E-state index contributed by atoms with van der Waals surface area (Å²) in [7, 11) is -4.35. The maximum atomic E-state index is 13.1. The van der Waals surface area contributed by atoms with Crippen molar-refractivity contribution in [2.75, 3.05) is 30.3 Å². The zero-order valence-corrected chi connectivity index (χ0v) is 20.7. The molecular formula is C24H25N3O5S2. The van der Waals surface area contributed by atoms with Crippen LogP contribution in [0.1, 0.15) is 21.5 Å². The predicted octanol–water partition coefficient (Wildman–Crippen LogP) is 3.25. The zero-order chi connectivity index (χ0) is 24.7. The van der Waals surface area contributed by atoms with Crippen molar-refractivity contribution in [2.24, 2.45) is 0 Å². The van der Waals surface area contributed by atoms with Gasteiger partial charge in [0.2, 0.25) is 10.0 Å². The van der Waals surface area contributed by atoms with E-state index in [4.69, 9.17) is 0 Å². The Balaban J connectivity index is 1.52. The molecule has 1 aliphatic rings. The molecule has 0 saturated heterocycles. The highest BCUT2D eigenvalue weighted by Gasteiger charge is 2.28. The number of amides is 1. The van der Waals surface area contributed by atoms with E-state index in [1.807, 2.05) is 6.92 Å². The Morgan fingerprint density at radius 3 is 2.12 bits per heavy atom. The van der Waals surface area contributed by atoms with E-state index >= 15 is 0 Å². The molecular weight excluding hydrogens is 474 g/mol. The van der Waals surface area contributed by atoms with Gasteiger partial charge in [0, 0.05) is 37.6 Å². The van der Waals surface area contributed by atoms with E-state index in [1.54, 1.807) is 53.4 Å². The molecule has 0 radical (unpaired) electrons. The van der Waals surface area contributed by atoms with Crippen LogP contribution in [-0.2, 0) is 26.5 Å². The van der Waals surface area contributed by atoms with Crippen molar-refractivity contribution in [3.63, 3.8) is 0 Å². The number of fused-ring (bicyclic) bond motifs is 1. The van der Waals surface area contributed by atoms with Crippen LogP contribution in [0.25, 0.3) is 0 Å². The van der Waals surface area contributed by atoms with Crippen LogP contribution in [-0.4, -0.2) is 47.7 Å². The summed E-state index contributed by atoms with van der Waals surface area (Å²) in [5.41, 5.74) is 3.17. The van der Waals surface area contributed by atoms with E-state index in [1.165, 1.54) is 32.3 Å². The largest absolute Gasteiger partial charge is 0.308 e. The van der Waals surface area contributed by atoms with Crippen molar-refractivity contribution in [2.45, 2.75) is 23.1 Å². The average molecular weight is 500 g/mol. The molecule has 1 N–H and O–H groups in total. The highest BCUT2D eigenvalue weighted by atomic mass is 32.2. The number of benzene rings is 3. The highest BCUT2D eigenvalue weighted by Crippen LogP contribution is 2.32. The number of sulfonamides is 2. The van der Waals surface area contributed by atoms with Gasteiger partial charge >= 0.3 is 0 Å². The number of hydrogen-bond donors (Lipinski definition) is 1. The molecule has 0 unspecified atom stereocenters. The Morgan fingerprint density at radius 1 is 0.882 bits per heavy atom. The second-order valence-corrected chi connectivity index (χ2v) is 12.1. The molecule has 0 aromatic heterocycles. The number of nitrogens with zero attached hydrogens (tertiary/aromatic N) is 2. The van der Waals surface area contributed by atoms with Gasteiger partial charge in [-0.2, -0.15) is 0 Å². The molecule has 0 aliphatic carbocycles. The van der Waals surface area contributed by atoms with Gasteiger partial charge in [0.05, 0.1) is 9.79 Å². The van der Waals surface area contributed by atoms with Crippen molar-refractivity contribution in [1.29, 1.82) is 0 Å². The van der Waals surface area contributed by atoms with Gasteiger partial charge in [-0.05, 0) is 73.5 Å². The van der Waals surface area contributed by atoms with Crippen molar-refractivity contribution in [3.8, 4) is 0 Å². The van der Waals surface area contributed by atoms with Gasteiger partial charge in [0.15, 0.2) is 0 Å². The lowest BCUT2D eigenvalue weighted by molar-refractivity contribution is 0.0989. The van der Waals surface area contributed by atoms with Gasteiger partial charge in [-0.15, -0.1) is 0 Å². The molecule has 34 heavy (non-hydrogen) atoms. The number of hydrogen-bond acceptors (Lipinski definition) is 5. The molecule has 10 heteroatoms. The monoisotopic (exact) mass is 499 g/mol. The molecule has 0 fully saturated rings. The number of aryl methyl sites for hydroxylation is 1. The minimum atomic E-state index is -3.74. The summed E-state index contributed by atoms with van der Waals surface area (Å²) in [6, 6.07) is 17.5. The van der Waals surface area contributed by atoms with Crippen LogP contribution in [0, 0.1) is 6.92 Å². The minimum Gasteiger partial charge on any atom is -0.308 e. The summed E-state index contributed by atoms with van der Waals surface area (Å²) >= 11 is 0. The quantitative estimate of drug-likeness (QED) is 0.561. The molecule has 1 aliphatic heterocycles. The van der Waals surface area contributed by atoms with Gasteiger partial charge < -0.3 is 4.90 Å². The molecule has 0 bridgehead atoms. The lowest BCUT2D eigenvalue weighted by atomic mass is 10.1. The van der Waals surface area contributed by atoms with Crippen molar-refractivity contribution in [1.82, 2.24) is 4.31 Å². The standard InChI is InChI=1S/C24H25N3O5S2/c1-17-4-10-21(11-5-17)33(29,30)25-20-8-6-18(7-9-20)24(28)27-15-14-19-16-22(12-13-23(19)27)34(31,32)26(2)3/h4-13,16,25H,14-15H2,1-3H3. The molecule has 8 nitrogen and oxygen atoms in total. The fraction of sp³-hybridized carbons (Fsp3) is 0.208. The highest BCUT2D eigenvalue weighted by molar-refractivity contribution is 7.92. The summed E-state index contributed by atoms with van der Waals surface area (Å²) in [5.74, 6) is -0.241. The van der Waals surface area contributed by atoms with Crippen molar-refractivity contribution >= 4 is 37.3 Å². The maximum absolute atomic E-state index is 13.1. The Labute approximate surface area is 199 Å². The van der Waals surface area contributed by atoms with Gasteiger partial charge in [-0.1, -0.05) is 17.7 Å². The third-order valence-corrected chi connectivity index (χ3v) is 8.89. The Bertz CT molecular complexity index is 1450. The third kappa shape index (κ3) is 4.56. The Hall–Kier alpha value is -3.21. The van der Waals surface area contributed by atoms with Crippen molar-refractivity contribution < 1.29 is 21.6 Å². The smallest absolute Gasteiger partial charge is 0.261 e. The SMILES string of the molecule is Cc1ccc(S(=O)(=O)Nc2ccc(C(=O)N3CCc4cc(S(=O)(=O)N(C)C)ccc43)cc2)cc1. The molecule has 1 heterocycles. The number of nitrogens with one attached hydrogen (secondary N) is 1. The van der Waals surface area contributed by atoms with E-state index in [0.29, 0.717) is 29.9 Å². The van der Waals surface area contributed by atoms with Gasteiger partial charge in [-0.25, -0.2) is 21.1 Å². The first kappa shape index (κ1) is 23.9. The second kappa shape index (κ2) is 8.86. The lowest BCUT2D eigenvalue weighted by Gasteiger charge is -2.18. The molecule has 1 amide bonds. The van der Waals surface area contributed by atoms with Gasteiger partial charge in [-0.3, -0.25) is 9.52 Å². The van der Waals surface area contributed by atoms with Gasteiger partial charge in [0.1, 0.15) is 0 Å². The average Bonchev–Trinajstić information content (AvgIpc) is 3.22. The first-order valence-electron chi connectivity index (χ1n) is 10.6. The zero-order valence-electron chi connectivity index (χ0n) is 19.0. The molecule has 0 saturated carbocycles. The normalized spacial score (nSPS) is 13.7. The molecule has 4 rings (SSSR count). The van der Waals surface area contributed by atoms with Crippen molar-refractivity contribution in [3.05, 3.63) is 83.4 Å². The van der Waals surface area contributed by atoms with Gasteiger partial charge in [0.25, 0.3) is 15.9 Å².